The van der Waals surface area contributed by atoms with Crippen molar-refractivity contribution in [3.8, 4) is 0 Å². The van der Waals surface area contributed by atoms with Gasteiger partial charge < -0.3 is 15.3 Å². The molecular weight excluding hydrogens is 589 g/mol. The summed E-state index contributed by atoms with van der Waals surface area (Å²) in [5, 5.41) is 12.6. The van der Waals surface area contributed by atoms with Crippen LogP contribution in [0.1, 0.15) is 68.5 Å². The third kappa shape index (κ3) is 7.60. The smallest absolute Gasteiger partial charge is 0.305 e. The van der Waals surface area contributed by atoms with Gasteiger partial charge in [0.2, 0.25) is 15.9 Å². The number of halogens is 2. The summed E-state index contributed by atoms with van der Waals surface area (Å²) in [5.41, 5.74) is 1.44. The fourth-order valence-electron chi connectivity index (χ4n) is 5.68. The summed E-state index contributed by atoms with van der Waals surface area (Å²) in [5.74, 6) is -1.77. The highest BCUT2D eigenvalue weighted by atomic mass is 35.5. The molecule has 1 heterocycles. The van der Waals surface area contributed by atoms with Crippen molar-refractivity contribution in [3.05, 3.63) is 63.6 Å². The third-order valence-corrected chi connectivity index (χ3v) is 10.4. The van der Waals surface area contributed by atoms with Crippen molar-refractivity contribution in [2.75, 3.05) is 13.1 Å². The number of hydrogen-bond donors (Lipinski definition) is 2. The van der Waals surface area contributed by atoms with Gasteiger partial charge in [-0.3, -0.25) is 14.4 Å². The van der Waals surface area contributed by atoms with Gasteiger partial charge in [0.05, 0.1) is 27.4 Å². The molecule has 41 heavy (non-hydrogen) atoms. The summed E-state index contributed by atoms with van der Waals surface area (Å²) in [6.45, 7) is 2.03. The average Bonchev–Trinajstić information content (AvgIpc) is 3.46. The number of carboxylic acids is 1. The molecule has 1 aliphatic carbocycles. The molecule has 1 saturated heterocycles. The number of nitrogens with one attached hydrogen (secondary N) is 1. The highest BCUT2D eigenvalue weighted by Gasteiger charge is 2.44. The number of sulfonamides is 1. The zero-order valence-corrected chi connectivity index (χ0v) is 25.2. The van der Waals surface area contributed by atoms with Crippen LogP contribution < -0.4 is 5.32 Å². The van der Waals surface area contributed by atoms with Crippen molar-refractivity contribution in [1.82, 2.24) is 14.5 Å². The first-order chi connectivity index (χ1) is 19.5. The first-order valence-electron chi connectivity index (χ1n) is 13.8. The Bertz CT molecular complexity index is 1400. The van der Waals surface area contributed by atoms with Crippen LogP contribution in [0.25, 0.3) is 0 Å². The Morgan fingerprint density at radius 3 is 2.41 bits per heavy atom. The van der Waals surface area contributed by atoms with E-state index in [-0.39, 0.29) is 40.4 Å². The average molecular weight is 625 g/mol. The number of rotatable bonds is 10. The number of nitrogens with zero attached hydrogens (tertiary/aromatic N) is 2. The second kappa shape index (κ2) is 13.5. The van der Waals surface area contributed by atoms with Crippen LogP contribution in [0.4, 0.5) is 0 Å². The molecule has 1 aliphatic heterocycles. The number of benzene rings is 2. The standard InChI is InChI=1S/C29H35Cl2N3O6S/c1-19-6-4-9-21(16-19)25(18-27(36)37)32-28(38)29-33(26(35)13-10-20-7-2-3-8-20)14-5-15-34(29)41(39,40)22-11-12-23(30)24(31)17-22/h4,6,9,11-12,16-17,20,25,29H,2-3,5,7-8,10,13-15,18H2,1H3,(H,32,38)(H,36,37). The largest absolute Gasteiger partial charge is 0.481 e. The quantitative estimate of drug-likeness (QED) is 0.377. The fraction of sp³-hybridized carbons (Fsp3) is 0.483. The van der Waals surface area contributed by atoms with Crippen LogP contribution >= 0.6 is 23.2 Å². The Morgan fingerprint density at radius 1 is 1.02 bits per heavy atom. The van der Waals surface area contributed by atoms with Gasteiger partial charge in [0.15, 0.2) is 6.17 Å². The first kappa shape index (κ1) is 31.3. The second-order valence-corrected chi connectivity index (χ2v) is 13.5. The summed E-state index contributed by atoms with van der Waals surface area (Å²) in [6.07, 6.45) is 3.66. The fourth-order valence-corrected chi connectivity index (χ4v) is 7.67. The molecule has 0 radical (unpaired) electrons. The van der Waals surface area contributed by atoms with Crippen LogP contribution in [0.2, 0.25) is 10.0 Å². The molecular formula is C29H35Cl2N3O6S. The molecule has 2 atom stereocenters. The SMILES string of the molecule is Cc1cccc(C(CC(=O)O)NC(=O)C2N(C(=O)CCC3CCCC3)CCCN2S(=O)(=O)c2ccc(Cl)c(Cl)c2)c1. The van der Waals surface area contributed by atoms with E-state index in [4.69, 9.17) is 23.2 Å². The molecule has 2 aromatic rings. The zero-order chi connectivity index (χ0) is 29.7. The molecule has 12 heteroatoms. The molecule has 0 spiro atoms. The first-order valence-corrected chi connectivity index (χ1v) is 16.0. The van der Waals surface area contributed by atoms with E-state index in [1.54, 1.807) is 18.2 Å². The molecule has 2 aliphatic rings. The van der Waals surface area contributed by atoms with E-state index < -0.39 is 40.5 Å². The number of carbonyl (C=O) groups is 3. The summed E-state index contributed by atoms with van der Waals surface area (Å²) in [7, 11) is -4.30. The number of carboxylic acid groups (broad SMARTS) is 1. The van der Waals surface area contributed by atoms with Crippen molar-refractivity contribution < 1.29 is 27.9 Å². The molecule has 4 rings (SSSR count). The Hall–Kier alpha value is -2.66. The van der Waals surface area contributed by atoms with Crippen LogP contribution in [0, 0.1) is 12.8 Å². The number of hydrogen-bond acceptors (Lipinski definition) is 5. The van der Waals surface area contributed by atoms with E-state index in [0.717, 1.165) is 35.6 Å². The van der Waals surface area contributed by atoms with Gasteiger partial charge in [-0.1, -0.05) is 78.7 Å². The number of aliphatic carboxylic acids is 1. The molecule has 2 unspecified atom stereocenters. The van der Waals surface area contributed by atoms with E-state index in [1.165, 1.54) is 23.1 Å². The Labute approximate surface area is 250 Å². The minimum absolute atomic E-state index is 0.0128. The lowest BCUT2D eigenvalue weighted by molar-refractivity contribution is -0.148. The van der Waals surface area contributed by atoms with Crippen molar-refractivity contribution in [2.45, 2.75) is 75.4 Å². The van der Waals surface area contributed by atoms with E-state index in [0.29, 0.717) is 24.3 Å². The van der Waals surface area contributed by atoms with E-state index >= 15 is 0 Å². The van der Waals surface area contributed by atoms with Gasteiger partial charge in [0, 0.05) is 19.5 Å². The molecule has 1 saturated carbocycles. The van der Waals surface area contributed by atoms with Gasteiger partial charge in [0.1, 0.15) is 0 Å². The van der Waals surface area contributed by atoms with Crippen molar-refractivity contribution in [1.29, 1.82) is 0 Å². The van der Waals surface area contributed by atoms with E-state index in [1.807, 2.05) is 13.0 Å². The van der Waals surface area contributed by atoms with E-state index in [9.17, 15) is 27.9 Å². The maximum Gasteiger partial charge on any atom is 0.305 e. The zero-order valence-electron chi connectivity index (χ0n) is 22.9. The summed E-state index contributed by atoms with van der Waals surface area (Å²) >= 11 is 12.1. The molecule has 0 aromatic heterocycles. The molecule has 222 valence electrons. The maximum absolute atomic E-state index is 14.0. The topological polar surface area (TPSA) is 124 Å². The monoisotopic (exact) mass is 623 g/mol. The van der Waals surface area contributed by atoms with Gasteiger partial charge in [-0.25, -0.2) is 8.42 Å². The number of amides is 2. The van der Waals surface area contributed by atoms with Crippen LogP contribution in [0.5, 0.6) is 0 Å². The lowest BCUT2D eigenvalue weighted by Crippen LogP contribution is -2.63. The summed E-state index contributed by atoms with van der Waals surface area (Å²) in [6, 6.07) is 10.0. The van der Waals surface area contributed by atoms with Crippen LogP contribution in [0.15, 0.2) is 47.4 Å². The second-order valence-electron chi connectivity index (χ2n) is 10.8. The van der Waals surface area contributed by atoms with E-state index in [2.05, 4.69) is 5.32 Å². The third-order valence-electron chi connectivity index (χ3n) is 7.78. The van der Waals surface area contributed by atoms with Gasteiger partial charge in [-0.05, 0) is 49.4 Å². The highest BCUT2D eigenvalue weighted by Crippen LogP contribution is 2.32. The van der Waals surface area contributed by atoms with Crippen LogP contribution in [-0.4, -0.2) is 59.8 Å². The number of aryl methyl sites for hydroxylation is 1. The predicted octanol–water partition coefficient (Wildman–Crippen LogP) is 5.15. The molecule has 2 aromatic carbocycles. The predicted molar refractivity (Wildman–Crippen MR) is 156 cm³/mol. The van der Waals surface area contributed by atoms with Crippen LogP contribution in [-0.2, 0) is 24.4 Å². The Morgan fingerprint density at radius 2 is 1.76 bits per heavy atom. The van der Waals surface area contributed by atoms with Crippen molar-refractivity contribution in [2.24, 2.45) is 5.92 Å². The Balaban J connectivity index is 1.68. The molecule has 2 amide bonds. The Kier molecular flexibility index (Phi) is 10.3. The van der Waals surface area contributed by atoms with Gasteiger partial charge in [-0.15, -0.1) is 0 Å². The van der Waals surface area contributed by atoms with Gasteiger partial charge in [0.25, 0.3) is 5.91 Å². The van der Waals surface area contributed by atoms with Crippen LogP contribution in [0.3, 0.4) is 0 Å². The maximum atomic E-state index is 14.0. The van der Waals surface area contributed by atoms with Crippen molar-refractivity contribution in [3.63, 3.8) is 0 Å². The van der Waals surface area contributed by atoms with Gasteiger partial charge in [-0.2, -0.15) is 4.31 Å². The van der Waals surface area contributed by atoms with Gasteiger partial charge >= 0.3 is 5.97 Å². The molecule has 2 fully saturated rings. The summed E-state index contributed by atoms with van der Waals surface area (Å²) < 4.78 is 28.8. The molecule has 2 N–H and O–H groups in total. The normalized spacial score (nSPS) is 19.2. The minimum atomic E-state index is -4.30. The number of carbonyl (C=O) groups excluding carboxylic acids is 2. The molecule has 0 bridgehead atoms. The summed E-state index contributed by atoms with van der Waals surface area (Å²) in [4.78, 5) is 40.4. The lowest BCUT2D eigenvalue weighted by Gasteiger charge is -2.42. The van der Waals surface area contributed by atoms with Crippen molar-refractivity contribution >= 4 is 51.0 Å². The molecule has 9 nitrogen and oxygen atoms in total. The lowest BCUT2D eigenvalue weighted by atomic mass is 10.0. The highest BCUT2D eigenvalue weighted by molar-refractivity contribution is 7.89. The minimum Gasteiger partial charge on any atom is -0.481 e.